The van der Waals surface area contributed by atoms with E-state index in [4.69, 9.17) is 0 Å². The molecule has 3 N–H and O–H groups in total. The van der Waals surface area contributed by atoms with Gasteiger partial charge in [-0.05, 0) is 17.7 Å². The van der Waals surface area contributed by atoms with Crippen molar-refractivity contribution < 1.29 is 5.11 Å². The van der Waals surface area contributed by atoms with Crippen molar-refractivity contribution in [1.29, 1.82) is 0 Å². The molecule has 0 saturated carbocycles. The Balaban J connectivity index is 1.82. The number of aromatic hydroxyl groups is 1. The molecule has 94 valence electrons. The fourth-order valence-electron chi connectivity index (χ4n) is 1.88. The fraction of sp³-hybridized carbons (Fsp3) is 0. The minimum Gasteiger partial charge on any atom is -0.508 e. The monoisotopic (exact) mass is 251 g/mol. The van der Waals surface area contributed by atoms with Crippen LogP contribution >= 0.6 is 0 Å². The standard InChI is InChI=1S/C15H13N3O/c19-13-8-4-7-12(9-13)16-15-10-14(17-18-15)11-5-2-1-3-6-11/h1-10,19H,(H2,16,17,18). The SMILES string of the molecule is Oc1cccc(Nc2cc(-c3ccccc3)[nH]n2)c1. The Labute approximate surface area is 110 Å². The molecule has 0 fully saturated rings. The molecule has 0 amide bonds. The number of rotatable bonds is 3. The first-order valence-electron chi connectivity index (χ1n) is 5.98. The molecule has 2 aromatic carbocycles. The highest BCUT2D eigenvalue weighted by Crippen LogP contribution is 2.23. The smallest absolute Gasteiger partial charge is 0.152 e. The Bertz CT molecular complexity index is 677. The van der Waals surface area contributed by atoms with E-state index in [0.29, 0.717) is 5.82 Å². The van der Waals surface area contributed by atoms with Gasteiger partial charge in [0.25, 0.3) is 0 Å². The molecule has 1 aromatic heterocycles. The number of benzene rings is 2. The predicted molar refractivity (Wildman–Crippen MR) is 75.4 cm³/mol. The van der Waals surface area contributed by atoms with Gasteiger partial charge >= 0.3 is 0 Å². The summed E-state index contributed by atoms with van der Waals surface area (Å²) in [6.45, 7) is 0. The third-order valence-electron chi connectivity index (χ3n) is 2.78. The van der Waals surface area contributed by atoms with Gasteiger partial charge in [-0.1, -0.05) is 36.4 Å². The van der Waals surface area contributed by atoms with Crippen LogP contribution in [0.5, 0.6) is 5.75 Å². The minimum absolute atomic E-state index is 0.226. The van der Waals surface area contributed by atoms with Crippen LogP contribution in [0.1, 0.15) is 0 Å². The lowest BCUT2D eigenvalue weighted by atomic mass is 10.1. The molecule has 0 aliphatic carbocycles. The van der Waals surface area contributed by atoms with E-state index in [-0.39, 0.29) is 5.75 Å². The van der Waals surface area contributed by atoms with Crippen LogP contribution in [-0.2, 0) is 0 Å². The second-order valence-electron chi connectivity index (χ2n) is 4.21. The number of aromatic nitrogens is 2. The Hall–Kier alpha value is -2.75. The molecule has 0 radical (unpaired) electrons. The van der Waals surface area contributed by atoms with E-state index in [0.717, 1.165) is 16.9 Å². The van der Waals surface area contributed by atoms with Crippen molar-refractivity contribution in [1.82, 2.24) is 10.2 Å². The Morgan fingerprint density at radius 2 is 1.79 bits per heavy atom. The summed E-state index contributed by atoms with van der Waals surface area (Å²) >= 11 is 0. The van der Waals surface area contributed by atoms with Gasteiger partial charge in [0.1, 0.15) is 5.75 Å². The van der Waals surface area contributed by atoms with Crippen molar-refractivity contribution in [2.24, 2.45) is 0 Å². The molecular weight excluding hydrogens is 238 g/mol. The van der Waals surface area contributed by atoms with Crippen LogP contribution in [0.25, 0.3) is 11.3 Å². The molecular formula is C15H13N3O. The van der Waals surface area contributed by atoms with Gasteiger partial charge in [-0.15, -0.1) is 0 Å². The average Bonchev–Trinajstić information content (AvgIpc) is 2.88. The van der Waals surface area contributed by atoms with Gasteiger partial charge in [0.05, 0.1) is 5.69 Å². The molecule has 0 aliphatic rings. The highest BCUT2D eigenvalue weighted by atomic mass is 16.3. The number of phenols is 1. The summed E-state index contributed by atoms with van der Waals surface area (Å²) in [6, 6.07) is 18.8. The number of nitrogens with zero attached hydrogens (tertiary/aromatic N) is 1. The summed E-state index contributed by atoms with van der Waals surface area (Å²) in [7, 11) is 0. The molecule has 0 unspecified atom stereocenters. The van der Waals surface area contributed by atoms with Gasteiger partial charge in [0.15, 0.2) is 5.82 Å². The number of anilines is 2. The van der Waals surface area contributed by atoms with Gasteiger partial charge in [-0.3, -0.25) is 5.10 Å². The summed E-state index contributed by atoms with van der Waals surface area (Å²) in [5.74, 6) is 0.938. The van der Waals surface area contributed by atoms with Gasteiger partial charge in [-0.2, -0.15) is 5.10 Å². The maximum atomic E-state index is 9.41. The summed E-state index contributed by atoms with van der Waals surface area (Å²) in [6.07, 6.45) is 0. The quantitative estimate of drug-likeness (QED) is 0.667. The number of aromatic amines is 1. The van der Waals surface area contributed by atoms with Crippen LogP contribution in [0.15, 0.2) is 60.7 Å². The molecule has 0 spiro atoms. The molecule has 0 bridgehead atoms. The van der Waals surface area contributed by atoms with Crippen molar-refractivity contribution in [2.45, 2.75) is 0 Å². The third-order valence-corrected chi connectivity index (χ3v) is 2.78. The zero-order valence-electron chi connectivity index (χ0n) is 10.2. The largest absolute Gasteiger partial charge is 0.508 e. The topological polar surface area (TPSA) is 60.9 Å². The number of nitrogens with one attached hydrogen (secondary N) is 2. The van der Waals surface area contributed by atoms with Crippen LogP contribution in [0.3, 0.4) is 0 Å². The first kappa shape index (κ1) is 11.3. The summed E-state index contributed by atoms with van der Waals surface area (Å²) < 4.78 is 0. The highest BCUT2D eigenvalue weighted by Gasteiger charge is 2.03. The van der Waals surface area contributed by atoms with Crippen molar-refractivity contribution in [3.8, 4) is 17.0 Å². The first-order valence-corrected chi connectivity index (χ1v) is 5.98. The predicted octanol–water partition coefficient (Wildman–Crippen LogP) is 3.53. The second-order valence-corrected chi connectivity index (χ2v) is 4.21. The number of hydrogen-bond donors (Lipinski definition) is 3. The average molecular weight is 251 g/mol. The molecule has 19 heavy (non-hydrogen) atoms. The lowest BCUT2D eigenvalue weighted by molar-refractivity contribution is 0.475. The van der Waals surface area contributed by atoms with Crippen LogP contribution < -0.4 is 5.32 Å². The summed E-state index contributed by atoms with van der Waals surface area (Å²) in [5, 5.41) is 19.7. The van der Waals surface area contributed by atoms with E-state index in [1.165, 1.54) is 0 Å². The van der Waals surface area contributed by atoms with E-state index < -0.39 is 0 Å². The van der Waals surface area contributed by atoms with E-state index in [2.05, 4.69) is 15.5 Å². The lowest BCUT2D eigenvalue weighted by Crippen LogP contribution is -1.89. The van der Waals surface area contributed by atoms with E-state index in [1.807, 2.05) is 42.5 Å². The lowest BCUT2D eigenvalue weighted by Gasteiger charge is -2.02. The van der Waals surface area contributed by atoms with Gasteiger partial charge in [0, 0.05) is 17.8 Å². The zero-order valence-corrected chi connectivity index (χ0v) is 10.2. The molecule has 4 nitrogen and oxygen atoms in total. The normalized spacial score (nSPS) is 10.3. The maximum absolute atomic E-state index is 9.41. The van der Waals surface area contributed by atoms with Crippen molar-refractivity contribution in [2.75, 3.05) is 5.32 Å². The fourth-order valence-corrected chi connectivity index (χ4v) is 1.88. The van der Waals surface area contributed by atoms with Crippen molar-refractivity contribution in [3.63, 3.8) is 0 Å². The molecule has 3 aromatic rings. The number of phenolic OH excluding ortho intramolecular Hbond substituents is 1. The molecule has 3 rings (SSSR count). The van der Waals surface area contributed by atoms with E-state index in [1.54, 1.807) is 18.2 Å². The van der Waals surface area contributed by atoms with Crippen LogP contribution in [0.4, 0.5) is 11.5 Å². The molecule has 0 saturated heterocycles. The van der Waals surface area contributed by atoms with Gasteiger partial charge in [0.2, 0.25) is 0 Å². The van der Waals surface area contributed by atoms with Crippen LogP contribution in [-0.4, -0.2) is 15.3 Å². The van der Waals surface area contributed by atoms with Crippen LogP contribution in [0.2, 0.25) is 0 Å². The highest BCUT2D eigenvalue weighted by molar-refractivity contribution is 5.66. The van der Waals surface area contributed by atoms with Gasteiger partial charge in [-0.25, -0.2) is 0 Å². The Morgan fingerprint density at radius 3 is 2.58 bits per heavy atom. The number of H-pyrrole nitrogens is 1. The Morgan fingerprint density at radius 1 is 0.947 bits per heavy atom. The maximum Gasteiger partial charge on any atom is 0.152 e. The molecule has 0 atom stereocenters. The molecule has 1 heterocycles. The first-order chi connectivity index (χ1) is 9.31. The van der Waals surface area contributed by atoms with E-state index >= 15 is 0 Å². The third kappa shape index (κ3) is 2.57. The van der Waals surface area contributed by atoms with Crippen molar-refractivity contribution in [3.05, 3.63) is 60.7 Å². The van der Waals surface area contributed by atoms with E-state index in [9.17, 15) is 5.11 Å². The summed E-state index contributed by atoms with van der Waals surface area (Å²) in [5.41, 5.74) is 2.83. The Kier molecular flexibility index (Phi) is 2.90. The summed E-state index contributed by atoms with van der Waals surface area (Å²) in [4.78, 5) is 0. The van der Waals surface area contributed by atoms with Crippen LogP contribution in [0, 0.1) is 0 Å². The number of hydrogen-bond acceptors (Lipinski definition) is 3. The molecule has 4 heteroatoms. The van der Waals surface area contributed by atoms with Crippen molar-refractivity contribution >= 4 is 11.5 Å². The molecule has 0 aliphatic heterocycles. The van der Waals surface area contributed by atoms with Gasteiger partial charge < -0.3 is 10.4 Å². The second kappa shape index (κ2) is 4.86. The minimum atomic E-state index is 0.226. The zero-order chi connectivity index (χ0) is 13.1.